The van der Waals surface area contributed by atoms with Gasteiger partial charge in [-0.15, -0.1) is 0 Å². The summed E-state index contributed by atoms with van der Waals surface area (Å²) >= 11 is 0. The summed E-state index contributed by atoms with van der Waals surface area (Å²) in [5, 5.41) is 5.17. The highest BCUT2D eigenvalue weighted by molar-refractivity contribution is 5.91. The molecule has 2 amide bonds. The van der Waals surface area contributed by atoms with Gasteiger partial charge in [-0.25, -0.2) is 0 Å². The summed E-state index contributed by atoms with van der Waals surface area (Å²) in [7, 11) is 1.54. The van der Waals surface area contributed by atoms with Gasteiger partial charge in [0.05, 0.1) is 0 Å². The molecule has 0 saturated heterocycles. The van der Waals surface area contributed by atoms with Crippen LogP contribution in [0, 0.1) is 0 Å². The predicted molar refractivity (Wildman–Crippen MR) is 72.9 cm³/mol. The van der Waals surface area contributed by atoms with E-state index >= 15 is 0 Å². The minimum atomic E-state index is -0.216. The number of hydrogen-bond acceptors (Lipinski definition) is 4. The molecule has 6 heteroatoms. The number of benzene rings is 1. The van der Waals surface area contributed by atoms with Gasteiger partial charge in [-0.2, -0.15) is 0 Å². The zero-order chi connectivity index (χ0) is 14.3. The molecular formula is C13H19N3O3. The number of hydrogen-bond donors (Lipinski definition) is 3. The third-order valence-electron chi connectivity index (χ3n) is 2.27. The number of nitrogens with two attached hydrogens (primary N) is 1. The second kappa shape index (κ2) is 7.38. The van der Waals surface area contributed by atoms with Gasteiger partial charge in [0.2, 0.25) is 5.91 Å². The van der Waals surface area contributed by atoms with Gasteiger partial charge in [0, 0.05) is 31.3 Å². The predicted octanol–water partition coefficient (Wildman–Crippen LogP) is 0.487. The monoisotopic (exact) mass is 265 g/mol. The molecule has 1 atom stereocenters. The van der Waals surface area contributed by atoms with E-state index in [1.807, 2.05) is 0 Å². The van der Waals surface area contributed by atoms with Crippen LogP contribution in [0.25, 0.3) is 0 Å². The van der Waals surface area contributed by atoms with E-state index in [0.717, 1.165) is 0 Å². The van der Waals surface area contributed by atoms with Crippen molar-refractivity contribution < 1.29 is 14.3 Å². The molecule has 1 aromatic rings. The number of carbonyl (C=O) groups excluding carboxylic acids is 2. The number of amides is 2. The van der Waals surface area contributed by atoms with Crippen molar-refractivity contribution in [2.45, 2.75) is 19.4 Å². The Labute approximate surface area is 112 Å². The van der Waals surface area contributed by atoms with Gasteiger partial charge in [0.1, 0.15) is 5.75 Å². The van der Waals surface area contributed by atoms with Crippen LogP contribution in [0.5, 0.6) is 5.75 Å². The van der Waals surface area contributed by atoms with Crippen LogP contribution in [0.2, 0.25) is 0 Å². The van der Waals surface area contributed by atoms with E-state index in [4.69, 9.17) is 10.5 Å². The highest BCUT2D eigenvalue weighted by Gasteiger charge is 2.06. The quantitative estimate of drug-likeness (QED) is 0.697. The minimum absolute atomic E-state index is 0.0618. The molecule has 0 saturated carbocycles. The Bertz CT molecular complexity index is 447. The fourth-order valence-electron chi connectivity index (χ4n) is 1.39. The summed E-state index contributed by atoms with van der Waals surface area (Å²) in [6.07, 6.45) is 0.253. The van der Waals surface area contributed by atoms with Gasteiger partial charge < -0.3 is 21.1 Å². The second-order valence-electron chi connectivity index (χ2n) is 4.22. The Kier molecular flexibility index (Phi) is 5.81. The molecule has 0 aliphatic carbocycles. The molecule has 0 spiro atoms. The number of nitrogens with one attached hydrogen (secondary N) is 2. The van der Waals surface area contributed by atoms with Crippen LogP contribution in [-0.2, 0) is 9.59 Å². The molecule has 19 heavy (non-hydrogen) atoms. The van der Waals surface area contributed by atoms with Gasteiger partial charge in [-0.05, 0) is 19.1 Å². The summed E-state index contributed by atoms with van der Waals surface area (Å²) in [5.41, 5.74) is 6.15. The van der Waals surface area contributed by atoms with Crippen molar-refractivity contribution >= 4 is 17.5 Å². The number of likely N-dealkylation sites (N-methyl/N-ethyl adjacent to an activating group) is 1. The summed E-state index contributed by atoms with van der Waals surface area (Å²) in [6, 6.07) is 6.66. The molecule has 0 heterocycles. The molecule has 0 fully saturated rings. The lowest BCUT2D eigenvalue weighted by Crippen LogP contribution is -2.25. The highest BCUT2D eigenvalue weighted by atomic mass is 16.5. The van der Waals surface area contributed by atoms with Gasteiger partial charge in [-0.3, -0.25) is 9.59 Å². The smallest absolute Gasteiger partial charge is 0.257 e. The largest absolute Gasteiger partial charge is 0.484 e. The van der Waals surface area contributed by atoms with Gasteiger partial charge in [0.25, 0.3) is 5.91 Å². The van der Waals surface area contributed by atoms with Crippen molar-refractivity contribution in [3.05, 3.63) is 24.3 Å². The van der Waals surface area contributed by atoms with E-state index in [9.17, 15) is 9.59 Å². The van der Waals surface area contributed by atoms with Crippen molar-refractivity contribution in [1.82, 2.24) is 5.32 Å². The average molecular weight is 265 g/mol. The zero-order valence-electron chi connectivity index (χ0n) is 11.1. The molecular weight excluding hydrogens is 246 g/mol. The third-order valence-corrected chi connectivity index (χ3v) is 2.27. The molecule has 0 aliphatic heterocycles. The number of anilines is 1. The lowest BCUT2D eigenvalue weighted by atomic mass is 10.2. The Balaban J connectivity index is 2.56. The Morgan fingerprint density at radius 1 is 1.37 bits per heavy atom. The summed E-state index contributed by atoms with van der Waals surface area (Å²) in [5.74, 6) is 0.145. The van der Waals surface area contributed by atoms with Crippen LogP contribution < -0.4 is 21.1 Å². The normalized spacial score (nSPS) is 11.5. The second-order valence-corrected chi connectivity index (χ2v) is 4.22. The van der Waals surface area contributed by atoms with E-state index in [2.05, 4.69) is 10.6 Å². The lowest BCUT2D eigenvalue weighted by molar-refractivity contribution is -0.122. The standard InChI is InChI=1S/C13H19N3O3/c1-9(14)6-12(17)16-10-4-3-5-11(7-10)19-8-13(18)15-2/h3-5,7,9H,6,8,14H2,1-2H3,(H,15,18)(H,16,17). The van der Waals surface area contributed by atoms with Crippen molar-refractivity contribution in [2.75, 3.05) is 19.0 Å². The maximum atomic E-state index is 11.6. The average Bonchev–Trinajstić information content (AvgIpc) is 2.35. The van der Waals surface area contributed by atoms with Crippen LogP contribution >= 0.6 is 0 Å². The lowest BCUT2D eigenvalue weighted by Gasteiger charge is -2.09. The summed E-state index contributed by atoms with van der Waals surface area (Å²) in [6.45, 7) is 1.70. The fraction of sp³-hybridized carbons (Fsp3) is 0.385. The van der Waals surface area contributed by atoms with Gasteiger partial charge in [0.15, 0.2) is 6.61 Å². The number of carbonyl (C=O) groups is 2. The Hall–Kier alpha value is -2.08. The van der Waals surface area contributed by atoms with E-state index < -0.39 is 0 Å². The molecule has 1 rings (SSSR count). The van der Waals surface area contributed by atoms with E-state index in [-0.39, 0.29) is 30.9 Å². The molecule has 6 nitrogen and oxygen atoms in total. The van der Waals surface area contributed by atoms with Gasteiger partial charge in [-0.1, -0.05) is 6.07 Å². The van der Waals surface area contributed by atoms with Crippen LogP contribution in [0.1, 0.15) is 13.3 Å². The van der Waals surface area contributed by atoms with E-state index in [1.165, 1.54) is 7.05 Å². The molecule has 0 radical (unpaired) electrons. The minimum Gasteiger partial charge on any atom is -0.484 e. The topological polar surface area (TPSA) is 93.5 Å². The third kappa shape index (κ3) is 5.87. The molecule has 0 aromatic heterocycles. The molecule has 104 valence electrons. The van der Waals surface area contributed by atoms with Crippen molar-refractivity contribution in [3.8, 4) is 5.75 Å². The van der Waals surface area contributed by atoms with Crippen LogP contribution in [-0.4, -0.2) is 31.5 Å². The summed E-state index contributed by atoms with van der Waals surface area (Å²) < 4.78 is 5.27. The van der Waals surface area contributed by atoms with E-state index in [0.29, 0.717) is 11.4 Å². The van der Waals surface area contributed by atoms with Crippen LogP contribution in [0.3, 0.4) is 0 Å². The molecule has 0 bridgehead atoms. The van der Waals surface area contributed by atoms with Crippen molar-refractivity contribution in [3.63, 3.8) is 0 Å². The fourth-order valence-corrected chi connectivity index (χ4v) is 1.39. The zero-order valence-corrected chi connectivity index (χ0v) is 11.1. The maximum Gasteiger partial charge on any atom is 0.257 e. The SMILES string of the molecule is CNC(=O)COc1cccc(NC(=O)CC(C)N)c1. The van der Waals surface area contributed by atoms with E-state index in [1.54, 1.807) is 31.2 Å². The first kappa shape index (κ1) is 15.0. The molecule has 1 unspecified atom stereocenters. The van der Waals surface area contributed by atoms with Crippen molar-refractivity contribution in [1.29, 1.82) is 0 Å². The van der Waals surface area contributed by atoms with Crippen LogP contribution in [0.15, 0.2) is 24.3 Å². The first-order valence-electron chi connectivity index (χ1n) is 6.00. The first-order valence-corrected chi connectivity index (χ1v) is 6.00. The molecule has 1 aromatic carbocycles. The first-order chi connectivity index (χ1) is 9.01. The van der Waals surface area contributed by atoms with Crippen molar-refractivity contribution in [2.24, 2.45) is 5.73 Å². The highest BCUT2D eigenvalue weighted by Crippen LogP contribution is 2.17. The number of ether oxygens (including phenoxy) is 1. The maximum absolute atomic E-state index is 11.6. The van der Waals surface area contributed by atoms with Crippen LogP contribution in [0.4, 0.5) is 5.69 Å². The Morgan fingerprint density at radius 2 is 2.11 bits per heavy atom. The molecule has 4 N–H and O–H groups in total. The number of rotatable bonds is 6. The Morgan fingerprint density at radius 3 is 2.74 bits per heavy atom. The molecule has 0 aliphatic rings. The summed E-state index contributed by atoms with van der Waals surface area (Å²) in [4.78, 5) is 22.6. The van der Waals surface area contributed by atoms with Gasteiger partial charge >= 0.3 is 0 Å².